The Labute approximate surface area is 113 Å². The van der Waals surface area contributed by atoms with Crippen molar-refractivity contribution in [2.45, 2.75) is 20.0 Å². The van der Waals surface area contributed by atoms with Gasteiger partial charge in [0.05, 0.1) is 23.2 Å². The number of hydrogen-bond acceptors (Lipinski definition) is 4. The van der Waals surface area contributed by atoms with Crippen LogP contribution in [0.25, 0.3) is 0 Å². The summed E-state index contributed by atoms with van der Waals surface area (Å²) in [5.74, 6) is -4.48. The molecule has 0 radical (unpaired) electrons. The Morgan fingerprint density at radius 2 is 2.05 bits per heavy atom. The van der Waals surface area contributed by atoms with Crippen LogP contribution < -0.4 is 4.90 Å². The molecule has 0 aliphatic carbocycles. The maximum atomic E-state index is 12.9. The van der Waals surface area contributed by atoms with Gasteiger partial charge in [-0.3, -0.25) is 9.78 Å². The van der Waals surface area contributed by atoms with Gasteiger partial charge in [0, 0.05) is 19.3 Å². The molecule has 1 aromatic heterocycles. The number of alkyl halides is 3. The number of anilines is 1. The van der Waals surface area contributed by atoms with Crippen LogP contribution >= 0.6 is 0 Å². The second-order valence-corrected chi connectivity index (χ2v) is 4.92. The van der Waals surface area contributed by atoms with E-state index in [0.717, 1.165) is 0 Å². The van der Waals surface area contributed by atoms with Crippen LogP contribution in [0.3, 0.4) is 0 Å². The minimum atomic E-state index is -4.54. The van der Waals surface area contributed by atoms with Crippen molar-refractivity contribution >= 4 is 11.8 Å². The third kappa shape index (κ3) is 2.68. The van der Waals surface area contributed by atoms with E-state index in [9.17, 15) is 18.0 Å². The first kappa shape index (κ1) is 14.5. The zero-order valence-corrected chi connectivity index (χ0v) is 11.0. The fraction of sp³-hybridized carbons (Fsp3) is 0.583. The number of aliphatic carboxylic acids is 1. The molecule has 1 saturated heterocycles. The van der Waals surface area contributed by atoms with E-state index in [2.05, 4.69) is 9.97 Å². The van der Waals surface area contributed by atoms with E-state index in [1.165, 1.54) is 11.1 Å². The average Bonchev–Trinajstić information content (AvgIpc) is 2.77. The van der Waals surface area contributed by atoms with Gasteiger partial charge in [0.1, 0.15) is 5.82 Å². The molecule has 0 aromatic carbocycles. The van der Waals surface area contributed by atoms with Gasteiger partial charge in [0.2, 0.25) is 0 Å². The third-order valence-corrected chi connectivity index (χ3v) is 3.41. The van der Waals surface area contributed by atoms with Crippen molar-refractivity contribution < 1.29 is 23.1 Å². The average molecular weight is 289 g/mol. The number of rotatable bonds is 2. The Morgan fingerprint density at radius 3 is 2.55 bits per heavy atom. The van der Waals surface area contributed by atoms with Crippen LogP contribution in [0.15, 0.2) is 6.20 Å². The van der Waals surface area contributed by atoms with Crippen LogP contribution in [0.1, 0.15) is 11.4 Å². The van der Waals surface area contributed by atoms with E-state index in [0.29, 0.717) is 17.2 Å². The number of aromatic nitrogens is 2. The molecule has 2 heterocycles. The summed E-state index contributed by atoms with van der Waals surface area (Å²) >= 11 is 0. The number of aryl methyl sites for hydroxylation is 2. The SMILES string of the molecule is Cc1cnc(C)c(N2C[C@@H](C(F)(F)F)[C@H](C(=O)O)C2)n1. The molecule has 1 aliphatic rings. The smallest absolute Gasteiger partial charge is 0.394 e. The largest absolute Gasteiger partial charge is 0.481 e. The van der Waals surface area contributed by atoms with Gasteiger partial charge in [0.15, 0.2) is 0 Å². The minimum Gasteiger partial charge on any atom is -0.481 e. The lowest BCUT2D eigenvalue weighted by molar-refractivity contribution is -0.187. The molecule has 0 unspecified atom stereocenters. The Bertz CT molecular complexity index is 533. The number of hydrogen-bond donors (Lipinski definition) is 1. The molecule has 110 valence electrons. The van der Waals surface area contributed by atoms with Gasteiger partial charge in [-0.1, -0.05) is 0 Å². The monoisotopic (exact) mass is 289 g/mol. The molecule has 1 N–H and O–H groups in total. The zero-order chi connectivity index (χ0) is 15.1. The quantitative estimate of drug-likeness (QED) is 0.899. The molecule has 5 nitrogen and oxygen atoms in total. The van der Waals surface area contributed by atoms with Gasteiger partial charge < -0.3 is 10.0 Å². The minimum absolute atomic E-state index is 0.210. The number of carboxylic acids is 1. The number of halogens is 3. The molecule has 0 saturated carbocycles. The molecule has 2 rings (SSSR count). The highest BCUT2D eigenvalue weighted by atomic mass is 19.4. The molecule has 0 spiro atoms. The van der Waals surface area contributed by atoms with E-state index in [4.69, 9.17) is 5.11 Å². The molecule has 1 fully saturated rings. The summed E-state index contributed by atoms with van der Waals surface area (Å²) in [7, 11) is 0. The van der Waals surface area contributed by atoms with Crippen LogP contribution in [0, 0.1) is 25.7 Å². The second-order valence-electron chi connectivity index (χ2n) is 4.92. The van der Waals surface area contributed by atoms with Gasteiger partial charge in [-0.25, -0.2) is 4.98 Å². The Morgan fingerprint density at radius 1 is 1.40 bits per heavy atom. The van der Waals surface area contributed by atoms with E-state index in [-0.39, 0.29) is 6.54 Å². The lowest BCUT2D eigenvalue weighted by atomic mass is 9.96. The lowest BCUT2D eigenvalue weighted by Gasteiger charge is -2.20. The third-order valence-electron chi connectivity index (χ3n) is 3.41. The molecule has 1 aliphatic heterocycles. The fourth-order valence-electron chi connectivity index (χ4n) is 2.38. The molecular formula is C12H14F3N3O2. The Balaban J connectivity index is 2.32. The summed E-state index contributed by atoms with van der Waals surface area (Å²) in [6.07, 6.45) is -3.02. The van der Waals surface area contributed by atoms with Crippen LogP contribution in [0.2, 0.25) is 0 Å². The number of nitrogens with zero attached hydrogens (tertiary/aromatic N) is 3. The predicted octanol–water partition coefficient (Wildman–Crippen LogP) is 1.79. The summed E-state index contributed by atoms with van der Waals surface area (Å²) in [4.78, 5) is 20.6. The molecule has 20 heavy (non-hydrogen) atoms. The first-order chi connectivity index (χ1) is 9.20. The highest BCUT2D eigenvalue weighted by molar-refractivity contribution is 5.72. The van der Waals surface area contributed by atoms with Crippen molar-refractivity contribution in [2.24, 2.45) is 11.8 Å². The Kier molecular flexibility index (Phi) is 3.58. The molecular weight excluding hydrogens is 275 g/mol. The highest BCUT2D eigenvalue weighted by Gasteiger charge is 2.53. The molecule has 0 bridgehead atoms. The number of carboxylic acid groups (broad SMARTS) is 1. The van der Waals surface area contributed by atoms with E-state index in [1.807, 2.05) is 0 Å². The summed E-state index contributed by atoms with van der Waals surface area (Å²) in [5.41, 5.74) is 1.07. The van der Waals surface area contributed by atoms with Crippen LogP contribution in [-0.2, 0) is 4.79 Å². The molecule has 2 atom stereocenters. The van der Waals surface area contributed by atoms with Gasteiger partial charge >= 0.3 is 12.1 Å². The van der Waals surface area contributed by atoms with Gasteiger partial charge in [-0.05, 0) is 13.8 Å². The van der Waals surface area contributed by atoms with Crippen molar-refractivity contribution in [3.8, 4) is 0 Å². The predicted molar refractivity (Wildman–Crippen MR) is 64.4 cm³/mol. The zero-order valence-electron chi connectivity index (χ0n) is 11.0. The van der Waals surface area contributed by atoms with Crippen molar-refractivity contribution in [3.63, 3.8) is 0 Å². The molecule has 0 amide bonds. The van der Waals surface area contributed by atoms with Crippen molar-refractivity contribution in [2.75, 3.05) is 18.0 Å². The summed E-state index contributed by atoms with van der Waals surface area (Å²) in [6, 6.07) is 0. The van der Waals surface area contributed by atoms with Crippen molar-refractivity contribution in [3.05, 3.63) is 17.6 Å². The van der Waals surface area contributed by atoms with E-state index in [1.54, 1.807) is 13.8 Å². The summed E-state index contributed by atoms with van der Waals surface area (Å²) < 4.78 is 38.7. The van der Waals surface area contributed by atoms with Crippen molar-refractivity contribution in [1.29, 1.82) is 0 Å². The van der Waals surface area contributed by atoms with E-state index >= 15 is 0 Å². The van der Waals surface area contributed by atoms with Gasteiger partial charge in [-0.2, -0.15) is 13.2 Å². The summed E-state index contributed by atoms with van der Waals surface area (Å²) in [5, 5.41) is 8.97. The number of carbonyl (C=O) groups is 1. The van der Waals surface area contributed by atoms with Gasteiger partial charge in [0.25, 0.3) is 0 Å². The first-order valence-electron chi connectivity index (χ1n) is 6.05. The van der Waals surface area contributed by atoms with Crippen LogP contribution in [-0.4, -0.2) is 40.3 Å². The summed E-state index contributed by atoms with van der Waals surface area (Å²) in [6.45, 7) is 2.71. The van der Waals surface area contributed by atoms with Gasteiger partial charge in [-0.15, -0.1) is 0 Å². The highest BCUT2D eigenvalue weighted by Crippen LogP contribution is 2.39. The Hall–Kier alpha value is -1.86. The lowest BCUT2D eigenvalue weighted by Crippen LogP contribution is -2.33. The standard InChI is InChI=1S/C12H14F3N3O2/c1-6-3-16-7(2)10(17-6)18-4-8(11(19)20)9(5-18)12(13,14)15/h3,8-9H,4-5H2,1-2H3,(H,19,20)/t8-,9-/m1/s1. The maximum absolute atomic E-state index is 12.9. The normalized spacial score (nSPS) is 23.1. The van der Waals surface area contributed by atoms with E-state index < -0.39 is 30.5 Å². The van der Waals surface area contributed by atoms with Crippen molar-refractivity contribution in [1.82, 2.24) is 9.97 Å². The molecule has 8 heteroatoms. The first-order valence-corrected chi connectivity index (χ1v) is 6.05. The second kappa shape index (κ2) is 4.92. The fourth-order valence-corrected chi connectivity index (χ4v) is 2.38. The molecule has 1 aromatic rings. The van der Waals surface area contributed by atoms with Crippen LogP contribution in [0.4, 0.5) is 19.0 Å². The topological polar surface area (TPSA) is 66.3 Å². The van der Waals surface area contributed by atoms with Crippen LogP contribution in [0.5, 0.6) is 0 Å². The maximum Gasteiger partial charge on any atom is 0.394 e.